The van der Waals surface area contributed by atoms with Gasteiger partial charge in [-0.2, -0.15) is 5.10 Å². The second kappa shape index (κ2) is 7.47. The van der Waals surface area contributed by atoms with E-state index in [2.05, 4.69) is 37.3 Å². The molecule has 1 fully saturated rings. The molecule has 0 aliphatic carbocycles. The van der Waals surface area contributed by atoms with Crippen LogP contribution < -0.4 is 5.32 Å². The summed E-state index contributed by atoms with van der Waals surface area (Å²) < 4.78 is 4.15. The van der Waals surface area contributed by atoms with Gasteiger partial charge in [0.1, 0.15) is 5.82 Å². The first-order chi connectivity index (χ1) is 12.7. The highest BCUT2D eigenvalue weighted by Gasteiger charge is 2.19. The first-order valence-corrected chi connectivity index (χ1v) is 9.59. The molecule has 0 atom stereocenters. The third kappa shape index (κ3) is 3.59. The number of pyridine rings is 2. The van der Waals surface area contributed by atoms with Crippen LogP contribution in [0.25, 0.3) is 22.0 Å². The van der Waals surface area contributed by atoms with E-state index in [0.717, 1.165) is 53.8 Å². The third-order valence-corrected chi connectivity index (χ3v) is 5.47. The van der Waals surface area contributed by atoms with E-state index in [-0.39, 0.29) is 0 Å². The molecule has 1 saturated heterocycles. The minimum Gasteiger partial charge on any atom is -0.367 e. The van der Waals surface area contributed by atoms with Crippen LogP contribution in [0.5, 0.6) is 0 Å². The second-order valence-corrected chi connectivity index (χ2v) is 7.53. The number of nitrogens with zero attached hydrogens (tertiary/aromatic N) is 5. The molecule has 0 amide bonds. The summed E-state index contributed by atoms with van der Waals surface area (Å²) >= 11 is 1.70. The van der Waals surface area contributed by atoms with Gasteiger partial charge in [0.25, 0.3) is 0 Å². The molecule has 0 saturated carbocycles. The van der Waals surface area contributed by atoms with Gasteiger partial charge >= 0.3 is 0 Å². The second-order valence-electron chi connectivity index (χ2n) is 6.47. The summed E-state index contributed by atoms with van der Waals surface area (Å²) in [6.07, 6.45) is 9.78. The predicted molar refractivity (Wildman–Crippen MR) is 108 cm³/mol. The maximum Gasteiger partial charge on any atom is 0.126 e. The van der Waals surface area contributed by atoms with E-state index in [1.807, 2.05) is 43.3 Å². The number of aryl methyl sites for hydroxylation is 1. The topological polar surface area (TPSA) is 58.9 Å². The van der Waals surface area contributed by atoms with Crippen molar-refractivity contribution in [1.29, 1.82) is 0 Å². The van der Waals surface area contributed by atoms with Crippen LogP contribution in [0.3, 0.4) is 0 Å². The SMILES string of the molecule is C=CSN1CCC(Nc2cc3c(-c4cnn(C)c4)nccc3cn2)CC1. The zero-order valence-corrected chi connectivity index (χ0v) is 15.6. The largest absolute Gasteiger partial charge is 0.367 e. The summed E-state index contributed by atoms with van der Waals surface area (Å²) in [6, 6.07) is 4.55. The molecule has 0 spiro atoms. The molecule has 1 N–H and O–H groups in total. The molecule has 1 aliphatic rings. The number of fused-ring (bicyclic) bond motifs is 1. The Labute approximate surface area is 157 Å². The summed E-state index contributed by atoms with van der Waals surface area (Å²) in [5.74, 6) is 0.908. The van der Waals surface area contributed by atoms with Crippen LogP contribution in [-0.4, -0.2) is 43.2 Å². The molecule has 1 aliphatic heterocycles. The lowest BCUT2D eigenvalue weighted by atomic mass is 10.1. The summed E-state index contributed by atoms with van der Waals surface area (Å²) in [7, 11) is 1.92. The molecule has 3 aromatic heterocycles. The molecule has 0 unspecified atom stereocenters. The van der Waals surface area contributed by atoms with Crippen molar-refractivity contribution in [3.8, 4) is 11.3 Å². The van der Waals surface area contributed by atoms with Crippen LogP contribution in [0.15, 0.2) is 48.9 Å². The highest BCUT2D eigenvalue weighted by molar-refractivity contribution is 7.99. The van der Waals surface area contributed by atoms with E-state index < -0.39 is 0 Å². The Morgan fingerprint density at radius 2 is 2.12 bits per heavy atom. The van der Waals surface area contributed by atoms with Gasteiger partial charge in [0.2, 0.25) is 0 Å². The lowest BCUT2D eigenvalue weighted by Crippen LogP contribution is -2.35. The van der Waals surface area contributed by atoms with Crippen molar-refractivity contribution in [3.05, 3.63) is 48.9 Å². The summed E-state index contributed by atoms with van der Waals surface area (Å²) in [4.78, 5) is 9.18. The Hall–Kier alpha value is -2.38. The molecule has 0 bridgehead atoms. The molecule has 4 rings (SSSR count). The first kappa shape index (κ1) is 17.1. The summed E-state index contributed by atoms with van der Waals surface area (Å²) in [5.41, 5.74) is 1.96. The summed E-state index contributed by atoms with van der Waals surface area (Å²) in [5, 5.41) is 11.9. The highest BCUT2D eigenvalue weighted by atomic mass is 32.2. The fourth-order valence-electron chi connectivity index (χ4n) is 3.34. The monoisotopic (exact) mass is 366 g/mol. The first-order valence-electron chi connectivity index (χ1n) is 8.76. The zero-order valence-electron chi connectivity index (χ0n) is 14.8. The van der Waals surface area contributed by atoms with Gasteiger partial charge < -0.3 is 5.32 Å². The number of anilines is 1. The fourth-order valence-corrected chi connectivity index (χ4v) is 3.97. The van der Waals surface area contributed by atoms with Crippen LogP contribution >= 0.6 is 11.9 Å². The van der Waals surface area contributed by atoms with E-state index in [4.69, 9.17) is 0 Å². The van der Waals surface area contributed by atoms with Crippen molar-refractivity contribution in [2.45, 2.75) is 18.9 Å². The van der Waals surface area contributed by atoms with Crippen molar-refractivity contribution in [2.75, 3.05) is 18.4 Å². The van der Waals surface area contributed by atoms with Gasteiger partial charge in [0.05, 0.1) is 11.9 Å². The van der Waals surface area contributed by atoms with E-state index in [1.165, 1.54) is 0 Å². The van der Waals surface area contributed by atoms with E-state index in [1.54, 1.807) is 16.6 Å². The Balaban J connectivity index is 1.56. The number of hydrogen-bond donors (Lipinski definition) is 1. The molecular formula is C19H22N6S. The number of nitrogens with one attached hydrogen (secondary N) is 1. The van der Waals surface area contributed by atoms with Crippen molar-refractivity contribution in [1.82, 2.24) is 24.1 Å². The van der Waals surface area contributed by atoms with E-state index >= 15 is 0 Å². The van der Waals surface area contributed by atoms with Crippen LogP contribution in [0.4, 0.5) is 5.82 Å². The maximum atomic E-state index is 4.60. The van der Waals surface area contributed by atoms with Crippen molar-refractivity contribution < 1.29 is 0 Å². The quantitative estimate of drug-likeness (QED) is 0.695. The van der Waals surface area contributed by atoms with Crippen molar-refractivity contribution in [2.24, 2.45) is 7.05 Å². The van der Waals surface area contributed by atoms with E-state index in [0.29, 0.717) is 6.04 Å². The number of piperidine rings is 1. The maximum absolute atomic E-state index is 4.60. The van der Waals surface area contributed by atoms with Crippen LogP contribution in [0.1, 0.15) is 12.8 Å². The van der Waals surface area contributed by atoms with Gasteiger partial charge in [0.15, 0.2) is 0 Å². The van der Waals surface area contributed by atoms with Gasteiger partial charge in [-0.15, -0.1) is 0 Å². The average Bonchev–Trinajstić information content (AvgIpc) is 3.09. The lowest BCUT2D eigenvalue weighted by Gasteiger charge is -2.30. The average molecular weight is 366 g/mol. The van der Waals surface area contributed by atoms with Crippen LogP contribution in [0, 0.1) is 0 Å². The van der Waals surface area contributed by atoms with Gasteiger partial charge in [-0.1, -0.05) is 18.5 Å². The molecule has 6 nitrogen and oxygen atoms in total. The zero-order chi connectivity index (χ0) is 17.9. The van der Waals surface area contributed by atoms with Gasteiger partial charge in [0, 0.05) is 61.1 Å². The van der Waals surface area contributed by atoms with E-state index in [9.17, 15) is 0 Å². The van der Waals surface area contributed by atoms with Crippen molar-refractivity contribution >= 4 is 28.5 Å². The molecule has 0 aromatic carbocycles. The normalized spacial score (nSPS) is 16.0. The molecule has 26 heavy (non-hydrogen) atoms. The third-order valence-electron chi connectivity index (χ3n) is 4.66. The van der Waals surface area contributed by atoms with Gasteiger partial charge in [-0.3, -0.25) is 9.67 Å². The molecule has 3 aromatic rings. The fraction of sp³-hybridized carbons (Fsp3) is 0.316. The Bertz CT molecular complexity index is 913. The number of hydrogen-bond acceptors (Lipinski definition) is 6. The predicted octanol–water partition coefficient (Wildman–Crippen LogP) is 3.70. The Morgan fingerprint density at radius 1 is 1.27 bits per heavy atom. The minimum absolute atomic E-state index is 0.445. The Kier molecular flexibility index (Phi) is 4.90. The van der Waals surface area contributed by atoms with Gasteiger partial charge in [-0.05, 0) is 30.4 Å². The standard InChI is InChI=1S/C19H22N6S/c1-3-26-25-8-5-16(6-9-25)23-18-10-17-14(11-21-18)4-7-20-19(17)15-12-22-24(2)13-15/h3-4,7,10-13,16H,1,5-6,8-9H2,2H3,(H,21,23). The summed E-state index contributed by atoms with van der Waals surface area (Å²) in [6.45, 7) is 5.91. The number of aromatic nitrogens is 4. The molecule has 134 valence electrons. The molecule has 0 radical (unpaired) electrons. The molecular weight excluding hydrogens is 344 g/mol. The highest BCUT2D eigenvalue weighted by Crippen LogP contribution is 2.28. The number of rotatable bonds is 5. The van der Waals surface area contributed by atoms with Gasteiger partial charge in [-0.25, -0.2) is 9.29 Å². The van der Waals surface area contributed by atoms with Crippen LogP contribution in [0.2, 0.25) is 0 Å². The molecule has 4 heterocycles. The lowest BCUT2D eigenvalue weighted by molar-refractivity contribution is 0.359. The molecule has 7 heteroatoms. The Morgan fingerprint density at radius 3 is 2.85 bits per heavy atom. The smallest absolute Gasteiger partial charge is 0.126 e. The van der Waals surface area contributed by atoms with Crippen molar-refractivity contribution in [3.63, 3.8) is 0 Å². The van der Waals surface area contributed by atoms with Crippen LogP contribution in [-0.2, 0) is 7.05 Å². The minimum atomic E-state index is 0.445.